The van der Waals surface area contributed by atoms with Crippen LogP contribution in [0.15, 0.2) is 10.4 Å². The van der Waals surface area contributed by atoms with E-state index in [2.05, 4.69) is 32.4 Å². The number of rotatable bonds is 8. The molecule has 1 fully saturated rings. The molecule has 1 aliphatic heterocycles. The molecule has 2 heterocycles. The van der Waals surface area contributed by atoms with Gasteiger partial charge in [0.05, 0.1) is 5.01 Å². The van der Waals surface area contributed by atoms with Gasteiger partial charge in [-0.25, -0.2) is 4.98 Å². The highest BCUT2D eigenvalue weighted by Gasteiger charge is 2.33. The van der Waals surface area contributed by atoms with Crippen LogP contribution in [0.1, 0.15) is 43.8 Å². The molecule has 0 atom stereocenters. The van der Waals surface area contributed by atoms with E-state index >= 15 is 0 Å². The average molecular weight is 406 g/mol. The van der Waals surface area contributed by atoms with E-state index in [1.165, 1.54) is 25.8 Å². The molecule has 2 rings (SSSR count). The number of halogens is 3. The van der Waals surface area contributed by atoms with Gasteiger partial charge in [0.15, 0.2) is 11.7 Å². The van der Waals surface area contributed by atoms with Crippen LogP contribution in [0.3, 0.4) is 0 Å². The second kappa shape index (κ2) is 10.8. The quantitative estimate of drug-likeness (QED) is 0.514. The van der Waals surface area contributed by atoms with Gasteiger partial charge < -0.3 is 15.5 Å². The van der Waals surface area contributed by atoms with E-state index in [-0.39, 0.29) is 0 Å². The van der Waals surface area contributed by atoms with Crippen molar-refractivity contribution in [2.45, 2.75) is 45.7 Å². The van der Waals surface area contributed by atoms with Crippen LogP contribution in [-0.2, 0) is 12.6 Å². The van der Waals surface area contributed by atoms with Gasteiger partial charge in [-0.15, -0.1) is 11.3 Å². The predicted octanol–water partition coefficient (Wildman–Crippen LogP) is 3.38. The van der Waals surface area contributed by atoms with Gasteiger partial charge in [-0.3, -0.25) is 4.99 Å². The van der Waals surface area contributed by atoms with E-state index in [0.29, 0.717) is 23.9 Å². The Morgan fingerprint density at radius 1 is 1.30 bits per heavy atom. The fraction of sp³-hybridized carbons (Fsp3) is 0.778. The molecule has 0 spiro atoms. The number of hydrogen-bond donors (Lipinski definition) is 2. The number of hydrogen-bond acceptors (Lipinski definition) is 4. The van der Waals surface area contributed by atoms with Crippen LogP contribution in [0.2, 0.25) is 0 Å². The first-order chi connectivity index (χ1) is 12.9. The number of likely N-dealkylation sites (tertiary alicyclic amines) is 1. The molecule has 0 aromatic carbocycles. The third-order valence-electron chi connectivity index (χ3n) is 4.57. The third-order valence-corrected chi connectivity index (χ3v) is 5.48. The number of nitrogens with one attached hydrogen (secondary N) is 2. The first-order valence-electron chi connectivity index (χ1n) is 9.68. The van der Waals surface area contributed by atoms with Gasteiger partial charge in [-0.2, -0.15) is 13.2 Å². The van der Waals surface area contributed by atoms with E-state index in [0.717, 1.165) is 48.9 Å². The zero-order valence-corrected chi connectivity index (χ0v) is 16.9. The summed E-state index contributed by atoms with van der Waals surface area (Å²) >= 11 is 1.05. The summed E-state index contributed by atoms with van der Waals surface area (Å²) < 4.78 is 37.8. The fourth-order valence-electron chi connectivity index (χ4n) is 3.11. The maximum Gasteiger partial charge on any atom is 0.434 e. The number of nitrogens with zero attached hydrogens (tertiary/aromatic N) is 3. The zero-order valence-electron chi connectivity index (χ0n) is 16.1. The van der Waals surface area contributed by atoms with Crippen molar-refractivity contribution in [2.24, 2.45) is 10.9 Å². The van der Waals surface area contributed by atoms with Crippen LogP contribution in [0.5, 0.6) is 0 Å². The molecule has 0 radical (unpaired) electrons. The maximum atomic E-state index is 12.6. The summed E-state index contributed by atoms with van der Waals surface area (Å²) in [5.74, 6) is 1.32. The van der Waals surface area contributed by atoms with Crippen LogP contribution in [0.4, 0.5) is 13.2 Å². The molecule has 1 aromatic rings. The Labute approximate surface area is 163 Å². The largest absolute Gasteiger partial charge is 0.434 e. The van der Waals surface area contributed by atoms with Crippen LogP contribution < -0.4 is 10.6 Å². The smallest absolute Gasteiger partial charge is 0.357 e. The van der Waals surface area contributed by atoms with E-state index in [1.807, 2.05) is 6.92 Å². The monoisotopic (exact) mass is 405 g/mol. The minimum Gasteiger partial charge on any atom is -0.357 e. The number of alkyl halides is 3. The second-order valence-corrected chi connectivity index (χ2v) is 7.75. The Hall–Kier alpha value is -1.35. The summed E-state index contributed by atoms with van der Waals surface area (Å²) in [5, 5.41) is 7.95. The number of aromatic nitrogens is 1. The lowest BCUT2D eigenvalue weighted by molar-refractivity contribution is -0.140. The van der Waals surface area contributed by atoms with Crippen molar-refractivity contribution < 1.29 is 13.2 Å². The fourth-order valence-corrected chi connectivity index (χ4v) is 3.92. The molecule has 9 heteroatoms. The third kappa shape index (κ3) is 7.65. The Morgan fingerprint density at radius 3 is 2.63 bits per heavy atom. The van der Waals surface area contributed by atoms with Gasteiger partial charge in [0, 0.05) is 31.4 Å². The summed E-state index contributed by atoms with van der Waals surface area (Å²) in [7, 11) is 0. The molecule has 0 saturated carbocycles. The van der Waals surface area contributed by atoms with E-state index in [9.17, 15) is 13.2 Å². The van der Waals surface area contributed by atoms with Gasteiger partial charge in [0.1, 0.15) is 0 Å². The van der Waals surface area contributed by atoms with E-state index < -0.39 is 11.9 Å². The normalized spacial score (nSPS) is 17.3. The highest BCUT2D eigenvalue weighted by atomic mass is 32.1. The topological polar surface area (TPSA) is 52.5 Å². The average Bonchev–Trinajstić information content (AvgIpc) is 3.10. The minimum atomic E-state index is -4.37. The maximum absolute atomic E-state index is 12.6. The Balaban J connectivity index is 1.76. The molecule has 0 amide bonds. The summed E-state index contributed by atoms with van der Waals surface area (Å²) in [5.41, 5.74) is -0.808. The molecular weight excluding hydrogens is 375 g/mol. The lowest BCUT2D eigenvalue weighted by Gasteiger charge is -2.31. The van der Waals surface area contributed by atoms with Crippen LogP contribution in [-0.4, -0.2) is 55.1 Å². The molecule has 1 aliphatic rings. The Kier molecular flexibility index (Phi) is 8.82. The molecule has 1 aromatic heterocycles. The van der Waals surface area contributed by atoms with Gasteiger partial charge in [-0.05, 0) is 51.7 Å². The summed E-state index contributed by atoms with van der Waals surface area (Å²) in [4.78, 5) is 10.8. The Bertz CT molecular complexity index is 580. The van der Waals surface area contributed by atoms with E-state index in [1.54, 1.807) is 0 Å². The highest BCUT2D eigenvalue weighted by molar-refractivity contribution is 7.09. The first-order valence-corrected chi connectivity index (χ1v) is 10.6. The van der Waals surface area contributed by atoms with Crippen molar-refractivity contribution in [1.29, 1.82) is 0 Å². The van der Waals surface area contributed by atoms with Crippen molar-refractivity contribution in [2.75, 3.05) is 39.3 Å². The number of guanidine groups is 1. The summed E-state index contributed by atoms with van der Waals surface area (Å²) in [6.45, 7) is 9.70. The minimum absolute atomic E-state index is 0.445. The van der Waals surface area contributed by atoms with Crippen molar-refractivity contribution >= 4 is 17.3 Å². The standard InChI is InChI=1S/C18H30F3N5S/c1-3-9-26-10-6-14(7-11-26)12-24-17(22-4-2)23-8-5-16-25-15(13-27-16)18(19,20)21/h13-14H,3-12H2,1-2H3,(H2,22,23,24). The van der Waals surface area contributed by atoms with Gasteiger partial charge >= 0.3 is 6.18 Å². The molecule has 2 N–H and O–H groups in total. The molecule has 0 bridgehead atoms. The van der Waals surface area contributed by atoms with Crippen molar-refractivity contribution in [3.63, 3.8) is 0 Å². The molecule has 0 unspecified atom stereocenters. The van der Waals surface area contributed by atoms with Crippen LogP contribution >= 0.6 is 11.3 Å². The molecular formula is C18H30F3N5S. The highest BCUT2D eigenvalue weighted by Crippen LogP contribution is 2.30. The lowest BCUT2D eigenvalue weighted by Crippen LogP contribution is -2.39. The van der Waals surface area contributed by atoms with Gasteiger partial charge in [-0.1, -0.05) is 6.92 Å². The van der Waals surface area contributed by atoms with Crippen LogP contribution in [0, 0.1) is 5.92 Å². The Morgan fingerprint density at radius 2 is 2.04 bits per heavy atom. The zero-order chi connectivity index (χ0) is 19.7. The van der Waals surface area contributed by atoms with Crippen molar-refractivity contribution in [3.05, 3.63) is 16.1 Å². The summed E-state index contributed by atoms with van der Waals surface area (Å²) in [6.07, 6.45) is -0.392. The molecule has 5 nitrogen and oxygen atoms in total. The lowest BCUT2D eigenvalue weighted by atomic mass is 9.97. The second-order valence-electron chi connectivity index (χ2n) is 6.81. The van der Waals surface area contributed by atoms with Crippen molar-refractivity contribution in [1.82, 2.24) is 20.5 Å². The van der Waals surface area contributed by atoms with Gasteiger partial charge in [0.2, 0.25) is 0 Å². The molecule has 154 valence electrons. The molecule has 1 saturated heterocycles. The van der Waals surface area contributed by atoms with Gasteiger partial charge in [0.25, 0.3) is 0 Å². The van der Waals surface area contributed by atoms with E-state index in [4.69, 9.17) is 0 Å². The summed E-state index contributed by atoms with van der Waals surface area (Å²) in [6, 6.07) is 0. The van der Waals surface area contributed by atoms with Crippen molar-refractivity contribution in [3.8, 4) is 0 Å². The first kappa shape index (κ1) is 21.9. The predicted molar refractivity (Wildman–Crippen MR) is 104 cm³/mol. The van der Waals surface area contributed by atoms with Crippen LogP contribution in [0.25, 0.3) is 0 Å². The molecule has 27 heavy (non-hydrogen) atoms. The number of thiazole rings is 1. The number of aliphatic imine (C=N–C) groups is 1. The SMILES string of the molecule is CCCN1CCC(CN=C(NCC)NCCc2nc(C(F)(F)F)cs2)CC1. The number of piperidine rings is 1. The molecule has 0 aliphatic carbocycles.